The van der Waals surface area contributed by atoms with Gasteiger partial charge in [0.1, 0.15) is 23.8 Å². The normalized spacial score (nSPS) is 19.8. The number of likely N-dealkylation sites (N-methyl/N-ethyl adjacent to an activating group) is 1. The van der Waals surface area contributed by atoms with Gasteiger partial charge in [0.15, 0.2) is 10.9 Å². The lowest BCUT2D eigenvalue weighted by atomic mass is 9.84. The lowest BCUT2D eigenvalue weighted by Crippen LogP contribution is -2.59. The first kappa shape index (κ1) is 30.5. The van der Waals surface area contributed by atoms with Crippen molar-refractivity contribution in [2.24, 2.45) is 5.41 Å². The van der Waals surface area contributed by atoms with Crippen LogP contribution < -0.4 is 15.4 Å². The number of nitrogen functional groups attached to an aromatic ring is 1. The molecule has 4 aromatic rings. The molecule has 234 valence electrons. The second-order valence-corrected chi connectivity index (χ2v) is 13.9. The van der Waals surface area contributed by atoms with Crippen molar-refractivity contribution in [1.29, 1.82) is 0 Å². The number of carbonyl (C=O) groups is 1. The van der Waals surface area contributed by atoms with E-state index in [0.29, 0.717) is 30.9 Å². The minimum absolute atomic E-state index is 0.00935. The molecular formula is C30H34ClF2N7O3S. The van der Waals surface area contributed by atoms with Crippen molar-refractivity contribution in [3.8, 4) is 17.1 Å². The molecule has 0 bridgehead atoms. The molecule has 44 heavy (non-hydrogen) atoms. The molecule has 3 N–H and O–H groups in total. The number of fused-ring (bicyclic) bond motifs is 2. The Morgan fingerprint density at radius 2 is 1.95 bits per heavy atom. The van der Waals surface area contributed by atoms with Crippen molar-refractivity contribution in [3.05, 3.63) is 34.9 Å². The Morgan fingerprint density at radius 1 is 1.18 bits per heavy atom. The minimum Gasteiger partial charge on any atom is -0.465 e. The molecule has 1 amide bonds. The fraction of sp³-hybridized carbons (Fsp3) is 0.467. The number of likely N-dealkylation sites (tertiary alicyclic amines) is 1. The quantitative estimate of drug-likeness (QED) is 0.265. The SMILES string of the molecule is CN1CCCC1COc1nc(N2CCN(C(=O)O)C(C(C)(C)C)C2)c2cc(Cl)c(-c3ccc(F)c4sc(N)nc34)c(F)c2n1. The van der Waals surface area contributed by atoms with Crippen LogP contribution in [-0.4, -0.2) is 87.9 Å². The van der Waals surface area contributed by atoms with Gasteiger partial charge in [0, 0.05) is 42.2 Å². The molecule has 2 aliphatic rings. The van der Waals surface area contributed by atoms with E-state index in [2.05, 4.69) is 14.9 Å². The number of benzene rings is 2. The highest BCUT2D eigenvalue weighted by atomic mass is 35.5. The van der Waals surface area contributed by atoms with E-state index in [1.54, 1.807) is 6.07 Å². The standard InChI is InChI=1S/C30H34ClF2N7O3S/c1-30(2,3)20-13-39(10-11-40(20)29(41)42)26-17-12-18(31)21(16-7-8-19(32)25-24(16)35-27(34)44-25)22(33)23(17)36-28(37-26)43-14-15-6-5-9-38(15)4/h7-8,12,15,20H,5-6,9-11,13-14H2,1-4H3,(H2,34,35)(H,41,42). The van der Waals surface area contributed by atoms with Gasteiger partial charge >= 0.3 is 12.1 Å². The molecule has 2 aromatic heterocycles. The maximum absolute atomic E-state index is 16.7. The number of halogens is 3. The summed E-state index contributed by atoms with van der Waals surface area (Å²) < 4.78 is 37.6. The zero-order chi connectivity index (χ0) is 31.5. The van der Waals surface area contributed by atoms with Crippen LogP contribution in [0.25, 0.3) is 32.2 Å². The summed E-state index contributed by atoms with van der Waals surface area (Å²) in [7, 11) is 2.03. The van der Waals surface area contributed by atoms with Gasteiger partial charge < -0.3 is 30.3 Å². The number of ether oxygens (including phenoxy) is 1. The van der Waals surface area contributed by atoms with Gasteiger partial charge in [-0.2, -0.15) is 9.97 Å². The van der Waals surface area contributed by atoms with E-state index in [1.165, 1.54) is 17.0 Å². The van der Waals surface area contributed by atoms with Gasteiger partial charge in [-0.05, 0) is 50.0 Å². The van der Waals surface area contributed by atoms with Gasteiger partial charge in [0.05, 0.1) is 21.3 Å². The molecule has 0 spiro atoms. The van der Waals surface area contributed by atoms with Crippen molar-refractivity contribution in [2.45, 2.75) is 45.7 Å². The zero-order valence-electron chi connectivity index (χ0n) is 24.9. The third kappa shape index (κ3) is 5.45. The number of nitrogens with zero attached hydrogens (tertiary/aromatic N) is 6. The summed E-state index contributed by atoms with van der Waals surface area (Å²) in [6.45, 7) is 8.13. The maximum Gasteiger partial charge on any atom is 0.407 e. The van der Waals surface area contributed by atoms with Gasteiger partial charge in [-0.1, -0.05) is 43.7 Å². The van der Waals surface area contributed by atoms with E-state index in [9.17, 15) is 14.3 Å². The fourth-order valence-electron chi connectivity index (χ4n) is 6.21. The van der Waals surface area contributed by atoms with Gasteiger partial charge in [0.2, 0.25) is 0 Å². The third-order valence-corrected chi connectivity index (χ3v) is 9.82. The average Bonchev–Trinajstić information content (AvgIpc) is 3.57. The number of aromatic nitrogens is 3. The number of piperazine rings is 1. The Bertz CT molecular complexity index is 1760. The van der Waals surface area contributed by atoms with Crippen molar-refractivity contribution in [3.63, 3.8) is 0 Å². The summed E-state index contributed by atoms with van der Waals surface area (Å²) in [5, 5.41) is 10.5. The zero-order valence-corrected chi connectivity index (χ0v) is 26.5. The predicted octanol–water partition coefficient (Wildman–Crippen LogP) is 6.11. The topological polar surface area (TPSA) is 121 Å². The van der Waals surface area contributed by atoms with Gasteiger partial charge in [0.25, 0.3) is 0 Å². The number of hydrogen-bond donors (Lipinski definition) is 2. The highest BCUT2D eigenvalue weighted by Gasteiger charge is 2.39. The molecular weight excluding hydrogens is 612 g/mol. The second-order valence-electron chi connectivity index (χ2n) is 12.5. The van der Waals surface area contributed by atoms with Crippen molar-refractivity contribution in [2.75, 3.05) is 50.5 Å². The minimum atomic E-state index is -0.992. The number of nitrogens with two attached hydrogens (primary N) is 1. The molecule has 10 nitrogen and oxygen atoms in total. The summed E-state index contributed by atoms with van der Waals surface area (Å²) in [4.78, 5) is 31.2. The van der Waals surface area contributed by atoms with Crippen molar-refractivity contribution in [1.82, 2.24) is 24.8 Å². The summed E-state index contributed by atoms with van der Waals surface area (Å²) in [6.07, 6.45) is 1.03. The van der Waals surface area contributed by atoms with Gasteiger partial charge in [-0.25, -0.2) is 18.6 Å². The molecule has 2 unspecified atom stereocenters. The number of rotatable bonds is 5. The largest absolute Gasteiger partial charge is 0.465 e. The van der Waals surface area contributed by atoms with E-state index in [0.717, 1.165) is 30.7 Å². The van der Waals surface area contributed by atoms with Crippen LogP contribution in [0.5, 0.6) is 6.01 Å². The second kappa shape index (κ2) is 11.4. The van der Waals surface area contributed by atoms with Crippen LogP contribution in [0.1, 0.15) is 33.6 Å². The number of thiazole rings is 1. The molecule has 0 radical (unpaired) electrons. The summed E-state index contributed by atoms with van der Waals surface area (Å²) in [5.74, 6) is -0.838. The van der Waals surface area contributed by atoms with Crippen LogP contribution in [0, 0.1) is 17.0 Å². The lowest BCUT2D eigenvalue weighted by molar-refractivity contribution is 0.0747. The Hall–Kier alpha value is -3.55. The summed E-state index contributed by atoms with van der Waals surface area (Å²) >= 11 is 7.76. The van der Waals surface area contributed by atoms with Crippen LogP contribution in [0.2, 0.25) is 5.02 Å². The molecule has 2 fully saturated rings. The first-order valence-corrected chi connectivity index (χ1v) is 15.6. The monoisotopic (exact) mass is 645 g/mol. The Balaban J connectivity index is 1.50. The van der Waals surface area contributed by atoms with Crippen LogP contribution in [0.4, 0.5) is 24.5 Å². The molecule has 6 rings (SSSR count). The van der Waals surface area contributed by atoms with Crippen molar-refractivity contribution < 1.29 is 23.4 Å². The molecule has 14 heteroatoms. The smallest absolute Gasteiger partial charge is 0.407 e. The first-order chi connectivity index (χ1) is 20.8. The number of anilines is 2. The highest BCUT2D eigenvalue weighted by Crippen LogP contribution is 2.43. The first-order valence-electron chi connectivity index (χ1n) is 14.5. The Labute approximate surface area is 262 Å². The summed E-state index contributed by atoms with van der Waals surface area (Å²) in [5.41, 5.74) is 6.00. The average molecular weight is 646 g/mol. The van der Waals surface area contributed by atoms with Crippen LogP contribution >= 0.6 is 22.9 Å². The van der Waals surface area contributed by atoms with Crippen LogP contribution in [-0.2, 0) is 0 Å². The molecule has 2 atom stereocenters. The van der Waals surface area contributed by atoms with Gasteiger partial charge in [-0.15, -0.1) is 0 Å². The van der Waals surface area contributed by atoms with E-state index >= 15 is 4.39 Å². The van der Waals surface area contributed by atoms with Gasteiger partial charge in [-0.3, -0.25) is 0 Å². The number of hydrogen-bond acceptors (Lipinski definition) is 9. The number of amides is 1. The number of carboxylic acid groups (broad SMARTS) is 1. The lowest BCUT2D eigenvalue weighted by Gasteiger charge is -2.46. The summed E-state index contributed by atoms with van der Waals surface area (Å²) in [6, 6.07) is 4.09. The van der Waals surface area contributed by atoms with Crippen LogP contribution in [0.3, 0.4) is 0 Å². The third-order valence-electron chi connectivity index (χ3n) is 8.63. The maximum atomic E-state index is 16.7. The Kier molecular flexibility index (Phi) is 7.91. The van der Waals surface area contributed by atoms with E-state index in [4.69, 9.17) is 27.1 Å². The van der Waals surface area contributed by atoms with E-state index in [-0.39, 0.29) is 67.1 Å². The molecule has 2 saturated heterocycles. The molecule has 2 aromatic carbocycles. The van der Waals surface area contributed by atoms with Crippen molar-refractivity contribution >= 4 is 61.1 Å². The van der Waals surface area contributed by atoms with E-state index in [1.807, 2.05) is 32.7 Å². The van der Waals surface area contributed by atoms with E-state index < -0.39 is 17.7 Å². The molecule has 0 saturated carbocycles. The highest BCUT2D eigenvalue weighted by molar-refractivity contribution is 7.22. The fourth-order valence-corrected chi connectivity index (χ4v) is 7.27. The molecule has 4 heterocycles. The molecule has 2 aliphatic heterocycles. The van der Waals surface area contributed by atoms with Crippen LogP contribution in [0.15, 0.2) is 18.2 Å². The molecule has 0 aliphatic carbocycles. The predicted molar refractivity (Wildman–Crippen MR) is 169 cm³/mol. The Morgan fingerprint density at radius 3 is 2.64 bits per heavy atom.